The van der Waals surface area contributed by atoms with E-state index in [4.69, 9.17) is 0 Å². The van der Waals surface area contributed by atoms with E-state index in [0.29, 0.717) is 16.7 Å². The molecule has 0 saturated carbocycles. The van der Waals surface area contributed by atoms with E-state index in [1.165, 1.54) is 65.5 Å². The van der Waals surface area contributed by atoms with Crippen LogP contribution in [0.4, 0.5) is 10.1 Å². The number of hydrogen-bond donors (Lipinski definition) is 1. The Balaban J connectivity index is 1.42. The smallest absolute Gasteiger partial charge is 0.336 e. The van der Waals surface area contributed by atoms with Crippen molar-refractivity contribution in [3.05, 3.63) is 119 Å². The summed E-state index contributed by atoms with van der Waals surface area (Å²) in [6.45, 7) is 7.55. The molecule has 0 aliphatic rings. The van der Waals surface area contributed by atoms with Gasteiger partial charge in [-0.3, -0.25) is 0 Å². The van der Waals surface area contributed by atoms with Gasteiger partial charge in [0.25, 0.3) is 0 Å². The molecule has 0 radical (unpaired) electrons. The fourth-order valence-corrected chi connectivity index (χ4v) is 5.78. The molecule has 0 heterocycles. The molecular weight excluding hydrogens is 517 g/mol. The maximum atomic E-state index is 13.5. The highest BCUT2D eigenvalue weighted by atomic mass is 32.2. The quantitative estimate of drug-likeness (QED) is 0.132. The van der Waals surface area contributed by atoms with E-state index in [9.17, 15) is 14.3 Å². The first-order chi connectivity index (χ1) is 19.3. The minimum absolute atomic E-state index is 0.00297. The molecule has 0 aromatic heterocycles. The highest BCUT2D eigenvalue weighted by Crippen LogP contribution is 2.29. The summed E-state index contributed by atoms with van der Waals surface area (Å²) in [5.41, 5.74) is 7.29. The van der Waals surface area contributed by atoms with Crippen molar-refractivity contribution in [2.75, 3.05) is 4.90 Å². The predicted molar refractivity (Wildman–Crippen MR) is 166 cm³/mol. The number of benzene rings is 4. The Hall–Kier alpha value is -3.57. The highest BCUT2D eigenvalue weighted by Gasteiger charge is 2.14. The summed E-state index contributed by atoms with van der Waals surface area (Å²) in [6.07, 6.45) is 4.91. The number of halogens is 1. The predicted octanol–water partition coefficient (Wildman–Crippen LogP) is 9.63. The van der Waals surface area contributed by atoms with Crippen LogP contribution in [0.1, 0.15) is 67.1 Å². The van der Waals surface area contributed by atoms with Crippen molar-refractivity contribution in [3.8, 4) is 11.1 Å². The van der Waals surface area contributed by atoms with Crippen LogP contribution in [-0.4, -0.2) is 17.1 Å². The summed E-state index contributed by atoms with van der Waals surface area (Å²) >= 11 is 1.40. The highest BCUT2D eigenvalue weighted by molar-refractivity contribution is 7.98. The molecule has 0 amide bonds. The van der Waals surface area contributed by atoms with Crippen LogP contribution >= 0.6 is 11.8 Å². The second-order valence-corrected chi connectivity index (χ2v) is 11.5. The number of thioether (sulfide) groups is 1. The molecule has 208 valence electrons. The third kappa shape index (κ3) is 7.98. The van der Waals surface area contributed by atoms with Gasteiger partial charge in [-0.25, -0.2) is 9.18 Å². The molecule has 0 spiro atoms. The molecule has 0 fully saturated rings. The molecule has 4 aromatic carbocycles. The molecule has 0 atom stereocenters. The molecule has 5 heteroatoms. The van der Waals surface area contributed by atoms with Crippen molar-refractivity contribution in [1.29, 1.82) is 0 Å². The van der Waals surface area contributed by atoms with Gasteiger partial charge in [-0.2, -0.15) is 0 Å². The molecule has 0 aliphatic heterocycles. The van der Waals surface area contributed by atoms with Crippen LogP contribution < -0.4 is 4.90 Å². The van der Waals surface area contributed by atoms with Gasteiger partial charge in [0.05, 0.1) is 5.56 Å². The number of rotatable bonds is 13. The minimum atomic E-state index is -1.12. The molecule has 4 aromatic rings. The van der Waals surface area contributed by atoms with E-state index in [1.54, 1.807) is 0 Å². The Morgan fingerprint density at radius 1 is 0.850 bits per heavy atom. The number of hydrogen-bond acceptors (Lipinski definition) is 3. The first-order valence-electron chi connectivity index (χ1n) is 14.0. The molecule has 0 saturated heterocycles. The monoisotopic (exact) mass is 555 g/mol. The number of nitrogens with zero attached hydrogens (tertiary/aromatic N) is 1. The van der Waals surface area contributed by atoms with E-state index in [0.717, 1.165) is 30.2 Å². The van der Waals surface area contributed by atoms with Crippen molar-refractivity contribution in [2.24, 2.45) is 0 Å². The zero-order valence-corrected chi connectivity index (χ0v) is 24.4. The van der Waals surface area contributed by atoms with Gasteiger partial charge in [-0.1, -0.05) is 74.4 Å². The van der Waals surface area contributed by atoms with Gasteiger partial charge >= 0.3 is 5.97 Å². The molecule has 1 N–H and O–H groups in total. The SMILES string of the molecule is CCCCCc1ccc(N(Cc2cccc(-c3ccc(CSc4ccc(F)cc4C(=O)O)cc3)c2)C(C)C)cc1. The van der Waals surface area contributed by atoms with Crippen LogP contribution in [0, 0.1) is 5.82 Å². The van der Waals surface area contributed by atoms with Gasteiger partial charge in [0.2, 0.25) is 0 Å². The number of carbonyl (C=O) groups is 1. The normalized spacial score (nSPS) is 11.1. The molecular formula is C35H38FNO2S. The van der Waals surface area contributed by atoms with Crippen molar-refractivity contribution >= 4 is 23.4 Å². The number of aryl methyl sites for hydroxylation is 1. The third-order valence-corrected chi connectivity index (χ3v) is 8.24. The van der Waals surface area contributed by atoms with Crippen molar-refractivity contribution in [1.82, 2.24) is 0 Å². The average molecular weight is 556 g/mol. The van der Waals surface area contributed by atoms with Gasteiger partial charge in [-0.05, 0) is 90.9 Å². The van der Waals surface area contributed by atoms with Gasteiger partial charge in [0.1, 0.15) is 5.82 Å². The standard InChI is InChI=1S/C35H38FNO2S/c1-4-5-6-8-26-13-18-32(19-14-26)37(25(2)3)23-28-9-7-10-30(21-28)29-15-11-27(12-16-29)24-40-34-20-17-31(36)22-33(34)35(38)39/h7,9-22,25H,4-6,8,23-24H2,1-3H3,(H,38,39). The number of carboxylic acids is 1. The Morgan fingerprint density at radius 2 is 1.57 bits per heavy atom. The summed E-state index contributed by atoms with van der Waals surface area (Å²) in [6, 6.07) is 30.4. The number of unbranched alkanes of at least 4 members (excludes halogenated alkanes) is 2. The Bertz CT molecular complexity index is 1400. The summed E-state index contributed by atoms with van der Waals surface area (Å²) in [5.74, 6) is -1.05. The Kier molecular flexibility index (Phi) is 10.4. The average Bonchev–Trinajstić information content (AvgIpc) is 2.96. The van der Waals surface area contributed by atoms with Gasteiger partial charge in [0, 0.05) is 28.9 Å². The fourth-order valence-electron chi connectivity index (χ4n) is 4.80. The Labute approximate surface area is 242 Å². The molecule has 0 aliphatic carbocycles. The zero-order chi connectivity index (χ0) is 28.5. The zero-order valence-electron chi connectivity index (χ0n) is 23.6. The first-order valence-corrected chi connectivity index (χ1v) is 15.0. The topological polar surface area (TPSA) is 40.5 Å². The van der Waals surface area contributed by atoms with Crippen LogP contribution in [0.3, 0.4) is 0 Å². The van der Waals surface area contributed by atoms with Gasteiger partial charge in [-0.15, -0.1) is 11.8 Å². The second-order valence-electron chi connectivity index (χ2n) is 10.5. The lowest BCUT2D eigenvalue weighted by Gasteiger charge is -2.29. The van der Waals surface area contributed by atoms with E-state index < -0.39 is 11.8 Å². The first kappa shape index (κ1) is 29.4. The van der Waals surface area contributed by atoms with E-state index in [2.05, 4.69) is 98.5 Å². The lowest BCUT2D eigenvalue weighted by atomic mass is 10.0. The number of anilines is 1. The molecule has 3 nitrogen and oxygen atoms in total. The van der Waals surface area contributed by atoms with Crippen LogP contribution in [0.25, 0.3) is 11.1 Å². The second kappa shape index (κ2) is 14.2. The molecule has 4 rings (SSSR count). The minimum Gasteiger partial charge on any atom is -0.478 e. The summed E-state index contributed by atoms with van der Waals surface area (Å²) in [4.78, 5) is 14.5. The molecule has 0 bridgehead atoms. The van der Waals surface area contributed by atoms with E-state index in [-0.39, 0.29) is 5.56 Å². The number of carboxylic acid groups (broad SMARTS) is 1. The maximum Gasteiger partial charge on any atom is 0.336 e. The molecule has 40 heavy (non-hydrogen) atoms. The van der Waals surface area contributed by atoms with Crippen LogP contribution in [-0.2, 0) is 18.7 Å². The largest absolute Gasteiger partial charge is 0.478 e. The summed E-state index contributed by atoms with van der Waals surface area (Å²) in [7, 11) is 0. The fraction of sp³-hybridized carbons (Fsp3) is 0.286. The van der Waals surface area contributed by atoms with Crippen LogP contribution in [0.5, 0.6) is 0 Å². The summed E-state index contributed by atoms with van der Waals surface area (Å²) < 4.78 is 13.5. The van der Waals surface area contributed by atoms with Crippen LogP contribution in [0.15, 0.2) is 95.9 Å². The summed E-state index contributed by atoms with van der Waals surface area (Å²) in [5, 5.41) is 9.39. The van der Waals surface area contributed by atoms with Crippen LogP contribution in [0.2, 0.25) is 0 Å². The van der Waals surface area contributed by atoms with E-state index in [1.807, 2.05) is 0 Å². The van der Waals surface area contributed by atoms with Gasteiger partial charge < -0.3 is 10.0 Å². The van der Waals surface area contributed by atoms with Crippen molar-refractivity contribution < 1.29 is 14.3 Å². The maximum absolute atomic E-state index is 13.5. The lowest BCUT2D eigenvalue weighted by molar-refractivity contribution is 0.0692. The van der Waals surface area contributed by atoms with E-state index >= 15 is 0 Å². The van der Waals surface area contributed by atoms with Crippen molar-refractivity contribution in [2.45, 2.75) is 69.7 Å². The molecule has 0 unspecified atom stereocenters. The Morgan fingerprint density at radius 3 is 2.25 bits per heavy atom. The van der Waals surface area contributed by atoms with Gasteiger partial charge in [0.15, 0.2) is 0 Å². The number of aromatic carboxylic acids is 1. The lowest BCUT2D eigenvalue weighted by Crippen LogP contribution is -2.30. The third-order valence-electron chi connectivity index (χ3n) is 7.09. The van der Waals surface area contributed by atoms with Crippen molar-refractivity contribution in [3.63, 3.8) is 0 Å².